The van der Waals surface area contributed by atoms with Gasteiger partial charge >= 0.3 is 0 Å². The highest BCUT2D eigenvalue weighted by Gasteiger charge is 2.65. The number of aliphatic hydroxyl groups is 2. The number of aliphatic hydroxyl groups excluding tert-OH is 2. The first kappa shape index (κ1) is 57.9. The Morgan fingerprint density at radius 1 is 0.554 bits per heavy atom. The summed E-state index contributed by atoms with van der Waals surface area (Å²) in [6, 6.07) is 0. The first-order valence-electron chi connectivity index (χ1n) is 28.8. The second-order valence-corrected chi connectivity index (χ2v) is 29.5. The van der Waals surface area contributed by atoms with Crippen LogP contribution in [0.2, 0.25) is 0 Å². The van der Waals surface area contributed by atoms with E-state index in [1.54, 1.807) is 0 Å². The third kappa shape index (κ3) is 12.4. The van der Waals surface area contributed by atoms with Crippen LogP contribution < -0.4 is 10.6 Å². The summed E-state index contributed by atoms with van der Waals surface area (Å²) < 4.78 is 74.9. The average molecular weight is 1070 g/mol. The van der Waals surface area contributed by atoms with E-state index in [9.17, 15) is 36.6 Å². The molecule has 0 unspecified atom stereocenters. The van der Waals surface area contributed by atoms with Gasteiger partial charge in [-0.15, -0.1) is 0 Å². The summed E-state index contributed by atoms with van der Waals surface area (Å²) in [5, 5.41) is 29.1. The first-order valence-corrected chi connectivity index (χ1v) is 32.1. The van der Waals surface area contributed by atoms with Crippen molar-refractivity contribution < 1.29 is 55.2 Å². The largest absolute Gasteiger partial charge is 0.393 e. The molecule has 8 aliphatic carbocycles. The topological polar surface area (TPSA) is 226 Å². The van der Waals surface area contributed by atoms with Crippen LogP contribution in [0, 0.1) is 116 Å². The Hall–Kier alpha value is -2.28. The van der Waals surface area contributed by atoms with Gasteiger partial charge in [0.05, 0.1) is 35.9 Å². The van der Waals surface area contributed by atoms with Crippen LogP contribution in [0.5, 0.6) is 0 Å². The quantitative estimate of drug-likeness (QED) is 0.0570. The highest BCUT2D eigenvalue weighted by atomic mass is 32.2. The second-order valence-electron chi connectivity index (χ2n) is 26.4. The van der Waals surface area contributed by atoms with Crippen LogP contribution in [-0.2, 0) is 39.3 Å². The lowest BCUT2D eigenvalue weighted by molar-refractivity contribution is -0.177. The fourth-order valence-electron chi connectivity index (χ4n) is 19.0. The molecule has 8 fully saturated rings. The third-order valence-corrected chi connectivity index (χ3v) is 24.3. The lowest BCUT2D eigenvalue weighted by atomic mass is 9.43. The highest BCUT2D eigenvalue weighted by molar-refractivity contribution is 7.86. The van der Waals surface area contributed by atoms with Crippen molar-refractivity contribution in [1.82, 2.24) is 10.6 Å². The summed E-state index contributed by atoms with van der Waals surface area (Å²) in [7, 11) is -8.22. The van der Waals surface area contributed by atoms with E-state index in [2.05, 4.69) is 75.9 Å². The lowest BCUT2D eigenvalue weighted by Gasteiger charge is -2.62. The molecule has 6 N–H and O–H groups in total. The molecule has 0 aromatic rings. The molecule has 8 saturated carbocycles. The molecule has 0 spiro atoms. The maximum absolute atomic E-state index is 12.5. The van der Waals surface area contributed by atoms with Crippen molar-refractivity contribution in [2.75, 3.05) is 37.8 Å². The molecule has 0 radical (unpaired) electrons. The summed E-state index contributed by atoms with van der Waals surface area (Å²) in [5.41, 5.74) is 0.592. The number of nitrogens with one attached hydrogen (secondary N) is 2. The number of ether oxygens (including phenoxy) is 2. The molecule has 8 aliphatic rings. The van der Waals surface area contributed by atoms with Crippen molar-refractivity contribution in [3.63, 3.8) is 0 Å². The van der Waals surface area contributed by atoms with Gasteiger partial charge in [0.15, 0.2) is 0 Å². The Kier molecular flexibility index (Phi) is 18.1. The van der Waals surface area contributed by atoms with Gasteiger partial charge in [0.25, 0.3) is 20.2 Å². The normalized spacial score (nSPS) is 42.2. The summed E-state index contributed by atoms with van der Waals surface area (Å²) in [4.78, 5) is 25.0. The van der Waals surface area contributed by atoms with Crippen molar-refractivity contribution in [3.8, 4) is 23.7 Å². The van der Waals surface area contributed by atoms with Crippen LogP contribution in [0.3, 0.4) is 0 Å². The van der Waals surface area contributed by atoms with Crippen LogP contribution in [0.15, 0.2) is 0 Å². The van der Waals surface area contributed by atoms with Gasteiger partial charge in [-0.1, -0.05) is 53.4 Å². The van der Waals surface area contributed by atoms with Gasteiger partial charge in [-0.3, -0.25) is 18.7 Å². The van der Waals surface area contributed by atoms with Crippen LogP contribution in [-0.4, -0.2) is 110 Å². The smallest absolute Gasteiger partial charge is 0.266 e. The van der Waals surface area contributed by atoms with E-state index in [0.717, 1.165) is 116 Å². The van der Waals surface area contributed by atoms with Gasteiger partial charge in [-0.05, 0) is 220 Å². The van der Waals surface area contributed by atoms with Crippen molar-refractivity contribution in [1.29, 1.82) is 0 Å². The number of amides is 2. The molecule has 0 saturated heterocycles. The first-order chi connectivity index (χ1) is 34.9. The minimum Gasteiger partial charge on any atom is -0.393 e. The Labute approximate surface area is 444 Å². The molecule has 418 valence electrons. The zero-order valence-electron chi connectivity index (χ0n) is 45.5. The van der Waals surface area contributed by atoms with Gasteiger partial charge in [0.2, 0.25) is 11.8 Å². The van der Waals surface area contributed by atoms with E-state index in [1.165, 1.54) is 0 Å². The van der Waals surface area contributed by atoms with E-state index < -0.39 is 31.7 Å². The number of hydrogen-bond acceptors (Lipinski definition) is 10. The zero-order chi connectivity index (χ0) is 53.4. The fourth-order valence-corrected chi connectivity index (χ4v) is 19.8. The summed E-state index contributed by atoms with van der Waals surface area (Å²) in [5.74, 6) is 15.9. The molecule has 2 amide bonds. The molecule has 16 heteroatoms. The maximum atomic E-state index is 12.5. The number of rotatable bonds is 18. The molecule has 74 heavy (non-hydrogen) atoms. The zero-order valence-corrected chi connectivity index (χ0v) is 47.1. The summed E-state index contributed by atoms with van der Waals surface area (Å²) in [6.07, 6.45) is 18.4. The van der Waals surface area contributed by atoms with Crippen LogP contribution in [0.25, 0.3) is 0 Å². The maximum Gasteiger partial charge on any atom is 0.266 e. The minimum atomic E-state index is -4.11. The molecular weight excluding hydrogens is 981 g/mol. The van der Waals surface area contributed by atoms with Gasteiger partial charge < -0.3 is 30.3 Å². The Morgan fingerprint density at radius 3 is 1.30 bits per heavy atom. The third-order valence-electron chi connectivity index (χ3n) is 22.8. The summed E-state index contributed by atoms with van der Waals surface area (Å²) in [6.45, 7) is 14.9. The number of fused-ring (bicyclic) bond motifs is 10. The van der Waals surface area contributed by atoms with E-state index in [-0.39, 0.29) is 71.0 Å². The predicted octanol–water partition coefficient (Wildman–Crippen LogP) is 7.86. The van der Waals surface area contributed by atoms with Crippen LogP contribution in [0.1, 0.15) is 170 Å². The molecule has 0 aromatic heterocycles. The number of carbonyl (C=O) groups excluding carboxylic acids is 2. The molecular formula is C58H92N2O12S2. The summed E-state index contributed by atoms with van der Waals surface area (Å²) >= 11 is 0. The van der Waals surface area contributed by atoms with E-state index >= 15 is 0 Å². The number of hydrogen-bond donors (Lipinski definition) is 6. The lowest BCUT2D eigenvalue weighted by Crippen LogP contribution is -2.58. The fraction of sp³-hybridized carbons (Fsp3) is 0.897. The molecule has 8 rings (SSSR count). The average Bonchev–Trinajstić information content (AvgIpc) is 3.87. The van der Waals surface area contributed by atoms with Crippen molar-refractivity contribution in [3.05, 3.63) is 0 Å². The molecule has 20 atom stereocenters. The van der Waals surface area contributed by atoms with Gasteiger partial charge in [0, 0.05) is 25.9 Å². The van der Waals surface area contributed by atoms with Crippen LogP contribution >= 0.6 is 0 Å². The molecule has 14 nitrogen and oxygen atoms in total. The molecule has 0 heterocycles. The van der Waals surface area contributed by atoms with E-state index in [1.807, 2.05) is 0 Å². The van der Waals surface area contributed by atoms with E-state index in [4.69, 9.17) is 18.6 Å². The molecule has 0 aromatic carbocycles. The Bertz CT molecular complexity index is 2200. The SMILES string of the molecule is C[C@H](CCC(=O)NCCS(=O)(=O)O)[C@H]1CC[C@H]2[C@@H]3[C@@H](O)C[C@@H]4C[C@H](OCC#CC#CCO[C@@H]5CC[C@@]6(C)[C@@H](C5)C[C@H](O)[C@@H]5[C@@H]6CC[C@]6(C)[C@@H]([C@H](C)CCC(=O)NCCS(=O)(=O)O)CC[C@@H]56)CC[C@]4(C)[C@H]3CC[C@]12C. The van der Waals surface area contributed by atoms with Gasteiger partial charge in [-0.2, -0.15) is 16.8 Å². The molecule has 0 aliphatic heterocycles. The molecule has 0 bridgehead atoms. The highest BCUT2D eigenvalue weighted by Crippen LogP contribution is 2.70. The van der Waals surface area contributed by atoms with Crippen LogP contribution in [0.4, 0.5) is 0 Å². The van der Waals surface area contributed by atoms with Crippen molar-refractivity contribution >= 4 is 32.1 Å². The van der Waals surface area contributed by atoms with Gasteiger partial charge in [-0.25, -0.2) is 0 Å². The number of carbonyl (C=O) groups is 2. The Balaban J connectivity index is 0.745. The Morgan fingerprint density at radius 2 is 0.919 bits per heavy atom. The van der Waals surface area contributed by atoms with Crippen molar-refractivity contribution in [2.45, 2.75) is 194 Å². The van der Waals surface area contributed by atoms with Gasteiger partial charge in [0.1, 0.15) is 13.2 Å². The minimum absolute atomic E-state index is 0.0855. The van der Waals surface area contributed by atoms with Crippen molar-refractivity contribution in [2.24, 2.45) is 92.7 Å². The predicted molar refractivity (Wildman–Crippen MR) is 284 cm³/mol. The second kappa shape index (κ2) is 23.2. The standard InChI is InChI=1S/C58H92N2O12S2/c1-37(11-17-51(63)59-27-31-73(65,66)67)43-13-15-45-53-47(21-25-57(43,45)5)55(3)23-19-41(33-39(55)35-49(53)61)71-29-9-7-8-10-30-72-42-20-24-56(4)40(34-42)36-50(62)54-46-16-14-44(58(46,6)26-22-48(54)56)38(2)12-18-52(64)60-28-32-74(68,69)70/h37-50,53-54,61-62H,11-36H2,1-6H3,(H,59,63)(H,60,64)(H,65,66,67)(H,68,69,70)/t37-,38-,39+,40+,41-,42-,43-,44-,45+,46+,47+,48+,49+,50+,53+,54+,55+,56+,57-,58-/m1/s1. The van der Waals surface area contributed by atoms with E-state index in [0.29, 0.717) is 97.1 Å². The monoisotopic (exact) mass is 1070 g/mol.